The summed E-state index contributed by atoms with van der Waals surface area (Å²) in [6, 6.07) is 46.8. The maximum Gasteiger partial charge on any atom is 0.162 e. The van der Waals surface area contributed by atoms with E-state index in [1.54, 1.807) is 12.1 Å². The lowest BCUT2D eigenvalue weighted by Gasteiger charge is -2.19. The molecule has 0 bridgehead atoms. The molecule has 6 heterocycles. The van der Waals surface area contributed by atoms with Crippen LogP contribution in [0.15, 0.2) is 167 Å². The smallest absolute Gasteiger partial charge is 0.162 e. The second-order valence-electron chi connectivity index (χ2n) is 24.9. The van der Waals surface area contributed by atoms with E-state index in [-0.39, 0.29) is 42.1 Å². The number of carbonyl (C=O) groups excluding carboxylic acids is 3. The quantitative estimate of drug-likeness (QED) is 0.136. The van der Waals surface area contributed by atoms with Crippen LogP contribution in [0, 0.1) is 42.8 Å². The van der Waals surface area contributed by atoms with E-state index in [0.717, 1.165) is 85.1 Å². The zero-order valence-electron chi connectivity index (χ0n) is 50.6. The third-order valence-electron chi connectivity index (χ3n) is 15.4. The van der Waals surface area contributed by atoms with Gasteiger partial charge in [-0.25, -0.2) is 4.39 Å². The average molecular weight is 1170 g/mol. The number of para-hydroxylation sites is 3. The third-order valence-corrected chi connectivity index (χ3v) is 15.7. The van der Waals surface area contributed by atoms with Crippen molar-refractivity contribution in [1.29, 1.82) is 0 Å². The number of benzene rings is 6. The van der Waals surface area contributed by atoms with Crippen molar-refractivity contribution in [2.75, 3.05) is 0 Å². The number of fused-ring (bicyclic) bond motifs is 9. The van der Waals surface area contributed by atoms with Crippen LogP contribution < -0.4 is 0 Å². The summed E-state index contributed by atoms with van der Waals surface area (Å²) < 4.78 is 19.5. The van der Waals surface area contributed by atoms with Crippen LogP contribution in [0.5, 0.6) is 0 Å². The van der Waals surface area contributed by atoms with Gasteiger partial charge >= 0.3 is 0 Å². The molecule has 0 aliphatic carbocycles. The van der Waals surface area contributed by atoms with E-state index in [0.29, 0.717) is 28.9 Å². The molecule has 6 aromatic carbocycles. The second-order valence-corrected chi connectivity index (χ2v) is 25.3. The van der Waals surface area contributed by atoms with Crippen molar-refractivity contribution in [3.63, 3.8) is 0 Å². The Hall–Kier alpha value is -9.02. The third kappa shape index (κ3) is 12.5. The van der Waals surface area contributed by atoms with Gasteiger partial charge in [-0.3, -0.25) is 43.1 Å². The molecule has 17 heteroatoms. The van der Waals surface area contributed by atoms with Crippen molar-refractivity contribution >= 4 is 46.1 Å². The van der Waals surface area contributed by atoms with Crippen molar-refractivity contribution < 1.29 is 18.8 Å². The Bertz CT molecular complexity index is 3940. The molecule has 0 N–H and O–H groups in total. The maximum atomic E-state index is 13.5. The molecule has 0 fully saturated rings. The highest BCUT2D eigenvalue weighted by Gasteiger charge is 2.36. The normalized spacial score (nSPS) is 15.9. The molecule has 3 aliphatic rings. The van der Waals surface area contributed by atoms with Crippen LogP contribution in [0.25, 0.3) is 17.1 Å². The number of nitrogens with zero attached hydrogens (tertiary/aromatic N) is 12. The summed E-state index contributed by atoms with van der Waals surface area (Å²) >= 11 is 6.10. The van der Waals surface area contributed by atoms with Gasteiger partial charge in [0.05, 0.1) is 34.2 Å². The number of aliphatic imine (C=N–C) groups is 3. The summed E-state index contributed by atoms with van der Waals surface area (Å²) in [5.41, 5.74) is 9.59. The Labute approximate surface area is 506 Å². The number of ketones is 3. The van der Waals surface area contributed by atoms with E-state index in [9.17, 15) is 18.8 Å². The fourth-order valence-electron chi connectivity index (χ4n) is 10.5. The number of carbonyl (C=O) groups is 3. The molecule has 438 valence electrons. The van der Waals surface area contributed by atoms with Crippen molar-refractivity contribution in [3.8, 4) is 17.1 Å². The van der Waals surface area contributed by atoms with E-state index in [1.165, 1.54) is 12.1 Å². The molecule has 0 radical (unpaired) electrons. The van der Waals surface area contributed by atoms with Crippen LogP contribution in [0.4, 0.5) is 4.39 Å². The predicted octanol–water partition coefficient (Wildman–Crippen LogP) is 14.2. The highest BCUT2D eigenvalue weighted by atomic mass is 35.5. The molecule has 3 aliphatic heterocycles. The molecule has 15 nitrogen and oxygen atoms in total. The Balaban J connectivity index is 0.000000143. The molecular weight excluding hydrogens is 1100 g/mol. The fraction of sp³-hybridized carbons (Fsp3) is 0.304. The van der Waals surface area contributed by atoms with Crippen LogP contribution in [-0.2, 0) is 14.4 Å². The Morgan fingerprint density at radius 2 is 0.674 bits per heavy atom. The zero-order valence-corrected chi connectivity index (χ0v) is 51.4. The minimum absolute atomic E-state index is 0.0999. The lowest BCUT2D eigenvalue weighted by Crippen LogP contribution is -2.23. The van der Waals surface area contributed by atoms with E-state index < -0.39 is 28.3 Å². The number of rotatable bonds is 9. The summed E-state index contributed by atoms with van der Waals surface area (Å²) in [4.78, 5) is 53.7. The maximum absolute atomic E-state index is 13.5. The molecule has 0 spiro atoms. The first kappa shape index (κ1) is 60.1. The largest absolute Gasteiger partial charge is 0.299 e. The lowest BCUT2D eigenvalue weighted by atomic mass is 9.87. The topological polar surface area (TPSA) is 180 Å². The van der Waals surface area contributed by atoms with E-state index in [4.69, 9.17) is 26.6 Å². The Morgan fingerprint density at radius 3 is 0.988 bits per heavy atom. The number of hydrogen-bond donors (Lipinski definition) is 0. The molecule has 0 saturated heterocycles. The van der Waals surface area contributed by atoms with Crippen LogP contribution in [0.1, 0.15) is 168 Å². The minimum atomic E-state index is -0.482. The van der Waals surface area contributed by atoms with Crippen molar-refractivity contribution in [1.82, 2.24) is 44.3 Å². The fourth-order valence-corrected chi connectivity index (χ4v) is 10.6. The molecular formula is C69H70ClFN12O3. The van der Waals surface area contributed by atoms with Gasteiger partial charge in [0.15, 0.2) is 17.5 Å². The second kappa shape index (κ2) is 24.2. The van der Waals surface area contributed by atoms with Crippen LogP contribution >= 0.6 is 11.6 Å². The molecule has 0 amide bonds. The van der Waals surface area contributed by atoms with Gasteiger partial charge in [-0.2, -0.15) is 0 Å². The SMILES string of the molecule is Cc1nnc2n1-c1ccccc1C(c1ccc(Cl)cc1)=N[C@H]2CC(=O)C(C)(C)C.Cc1nnc2n1-c1ccccc1C(c1ccc(F)cc1)=N[C@H]2CC(=O)C(C)(C)C.Cc1nnc2n1-c1ccccc1C(c1ccccc1)=N[C@H]2CC(=O)C(C)(C)C. The van der Waals surface area contributed by atoms with Crippen molar-refractivity contribution in [2.45, 2.75) is 120 Å². The van der Waals surface area contributed by atoms with Crippen LogP contribution in [0.2, 0.25) is 5.02 Å². The van der Waals surface area contributed by atoms with Gasteiger partial charge in [0, 0.05) is 73.9 Å². The summed E-state index contributed by atoms with van der Waals surface area (Å²) in [5, 5.41) is 26.7. The number of aromatic nitrogens is 9. The predicted molar refractivity (Wildman–Crippen MR) is 335 cm³/mol. The number of halogens is 2. The van der Waals surface area contributed by atoms with Crippen LogP contribution in [-0.4, -0.2) is 78.8 Å². The highest BCUT2D eigenvalue weighted by Crippen LogP contribution is 2.38. The van der Waals surface area contributed by atoms with Gasteiger partial charge in [0.25, 0.3) is 0 Å². The standard InChI is InChI=1S/C23H23ClN4O.C23H23FN4O.C23H24N4O/c2*1-14-26-27-22-18(13-20(29)23(2,3)4)25-21(15-9-11-16(24)12-10-15)17-7-5-6-8-19(17)28(14)22;1-15-25-26-22-18(14-20(28)23(2,3)4)24-21(16-10-6-5-7-11-16)17-12-8-9-13-19(17)27(15)22/h2*5-12,18H,13H2,1-4H3;5-13,18H,14H2,1-4H3/t3*18-/m000/s1. The summed E-state index contributed by atoms with van der Waals surface area (Å²) in [7, 11) is 0. The molecule has 12 rings (SSSR count). The van der Waals surface area contributed by atoms with E-state index in [1.807, 2.05) is 200 Å². The summed E-state index contributed by atoms with van der Waals surface area (Å²) in [6.45, 7) is 23.1. The lowest BCUT2D eigenvalue weighted by molar-refractivity contribution is -0.127. The first-order valence-corrected chi connectivity index (χ1v) is 29.2. The molecule has 0 unspecified atom stereocenters. The number of aryl methyl sites for hydroxylation is 3. The first-order chi connectivity index (χ1) is 40.9. The van der Waals surface area contributed by atoms with Crippen molar-refractivity contribution in [2.24, 2.45) is 31.2 Å². The zero-order chi connectivity index (χ0) is 61.4. The molecule has 86 heavy (non-hydrogen) atoms. The summed E-state index contributed by atoms with van der Waals surface area (Å²) in [6.07, 6.45) is 0.791. The molecule has 9 aromatic rings. The molecule has 3 atom stereocenters. The van der Waals surface area contributed by atoms with Gasteiger partial charge < -0.3 is 0 Å². The van der Waals surface area contributed by atoms with Gasteiger partial charge in [0.2, 0.25) is 0 Å². The van der Waals surface area contributed by atoms with Crippen LogP contribution in [0.3, 0.4) is 0 Å². The Kier molecular flexibility index (Phi) is 16.9. The van der Waals surface area contributed by atoms with Gasteiger partial charge in [-0.15, -0.1) is 30.6 Å². The number of Topliss-reactive ketones (excluding diaryl/α,β-unsaturated/α-hetero) is 3. The molecule has 0 saturated carbocycles. The summed E-state index contributed by atoms with van der Waals surface area (Å²) in [5.74, 6) is 4.44. The van der Waals surface area contributed by atoms with Gasteiger partial charge in [0.1, 0.15) is 58.8 Å². The molecule has 3 aromatic heterocycles. The van der Waals surface area contributed by atoms with Crippen molar-refractivity contribution in [3.05, 3.63) is 231 Å². The monoisotopic (exact) mass is 1170 g/mol. The van der Waals surface area contributed by atoms with Gasteiger partial charge in [-0.05, 0) is 75.4 Å². The highest BCUT2D eigenvalue weighted by molar-refractivity contribution is 6.30. The average Bonchev–Trinajstić information content (AvgIpc) is 1.98. The number of hydrogen-bond acceptors (Lipinski definition) is 12. The minimum Gasteiger partial charge on any atom is -0.299 e. The van der Waals surface area contributed by atoms with E-state index >= 15 is 0 Å². The van der Waals surface area contributed by atoms with Gasteiger partial charge in [-0.1, -0.05) is 171 Å². The Morgan fingerprint density at radius 1 is 0.395 bits per heavy atom. The van der Waals surface area contributed by atoms with E-state index in [2.05, 4.69) is 54.9 Å². The first-order valence-electron chi connectivity index (χ1n) is 28.8.